The number of hydrogen-bond donors (Lipinski definition) is 1. The zero-order chi connectivity index (χ0) is 13.9. The van der Waals surface area contributed by atoms with E-state index in [0.29, 0.717) is 18.3 Å². The predicted octanol–water partition coefficient (Wildman–Crippen LogP) is 3.47. The first-order valence-electron chi connectivity index (χ1n) is 7.16. The summed E-state index contributed by atoms with van der Waals surface area (Å²) < 4.78 is 0. The molecule has 0 bridgehead atoms. The summed E-state index contributed by atoms with van der Waals surface area (Å²) in [4.78, 5) is 21.5. The summed E-state index contributed by atoms with van der Waals surface area (Å²) in [5.74, 6) is 0.122. The van der Waals surface area contributed by atoms with Crippen LogP contribution >= 0.6 is 0 Å². The number of nitrogens with one attached hydrogen (secondary N) is 1. The first kappa shape index (κ1) is 17.1. The van der Waals surface area contributed by atoms with Gasteiger partial charge in [-0.3, -0.25) is 4.79 Å². The molecule has 0 radical (unpaired) electrons. The molecule has 0 aliphatic rings. The first-order chi connectivity index (χ1) is 8.45. The fraction of sp³-hybridized carbons (Fsp3) is 0.867. The Bertz CT molecular complexity index is 231. The molecule has 0 rings (SSSR count). The lowest BCUT2D eigenvalue weighted by Crippen LogP contribution is -2.24. The Balaban J connectivity index is 3.27. The van der Waals surface area contributed by atoms with Crippen molar-refractivity contribution in [2.45, 2.75) is 72.1 Å². The second-order valence-corrected chi connectivity index (χ2v) is 6.13. The molecule has 0 saturated heterocycles. The molecule has 0 atom stereocenters. The Kier molecular flexibility index (Phi) is 9.62. The lowest BCUT2D eigenvalue weighted by molar-refractivity contribution is -0.121. The van der Waals surface area contributed by atoms with E-state index in [1.165, 1.54) is 19.3 Å². The lowest BCUT2D eigenvalue weighted by Gasteiger charge is -2.17. The molecule has 0 spiro atoms. The highest BCUT2D eigenvalue weighted by molar-refractivity contribution is 5.75. The van der Waals surface area contributed by atoms with Gasteiger partial charge in [-0.2, -0.15) is 0 Å². The van der Waals surface area contributed by atoms with Crippen molar-refractivity contribution in [1.82, 2.24) is 5.32 Å². The monoisotopic (exact) mass is 255 g/mol. The van der Waals surface area contributed by atoms with Gasteiger partial charge < -0.3 is 10.1 Å². The molecule has 0 aromatic carbocycles. The van der Waals surface area contributed by atoms with Crippen LogP contribution in [0.2, 0.25) is 0 Å². The normalized spacial score (nSPS) is 11.3. The number of rotatable bonds is 10. The number of hydrogen-bond acceptors (Lipinski definition) is 2. The van der Waals surface area contributed by atoms with Gasteiger partial charge in [-0.1, -0.05) is 33.6 Å². The van der Waals surface area contributed by atoms with E-state index in [1.54, 1.807) is 0 Å². The Morgan fingerprint density at radius 2 is 1.78 bits per heavy atom. The highest BCUT2D eigenvalue weighted by Gasteiger charge is 2.08. The Labute approximate surface area is 112 Å². The van der Waals surface area contributed by atoms with Crippen molar-refractivity contribution in [1.29, 1.82) is 0 Å². The fourth-order valence-corrected chi connectivity index (χ4v) is 1.79. The standard InChI is InChI=1S/C15H29NO2/c1-15(2,3)11-7-5-8-12-16-14(18)10-6-4-9-13-17/h13H,4-12H2,1-3H3,(H,16,18). The minimum atomic E-state index is 0.122. The molecule has 0 unspecified atom stereocenters. The summed E-state index contributed by atoms with van der Waals surface area (Å²) in [5, 5.41) is 2.93. The molecule has 0 heterocycles. The molecule has 0 aliphatic heterocycles. The van der Waals surface area contributed by atoms with Gasteiger partial charge >= 0.3 is 0 Å². The highest BCUT2D eigenvalue weighted by Crippen LogP contribution is 2.21. The molecule has 18 heavy (non-hydrogen) atoms. The maximum absolute atomic E-state index is 11.4. The molecule has 0 aromatic heterocycles. The van der Waals surface area contributed by atoms with Gasteiger partial charge in [0.25, 0.3) is 0 Å². The van der Waals surface area contributed by atoms with Crippen LogP contribution in [0.1, 0.15) is 72.1 Å². The van der Waals surface area contributed by atoms with Gasteiger partial charge in [-0.05, 0) is 31.1 Å². The smallest absolute Gasteiger partial charge is 0.219 e. The van der Waals surface area contributed by atoms with Gasteiger partial charge in [0.1, 0.15) is 6.29 Å². The van der Waals surface area contributed by atoms with Gasteiger partial charge in [0.15, 0.2) is 0 Å². The van der Waals surface area contributed by atoms with Gasteiger partial charge in [0.05, 0.1) is 0 Å². The van der Waals surface area contributed by atoms with Gasteiger partial charge in [-0.15, -0.1) is 0 Å². The Hall–Kier alpha value is -0.860. The molecule has 0 aromatic rings. The van der Waals surface area contributed by atoms with Crippen LogP contribution in [-0.4, -0.2) is 18.7 Å². The van der Waals surface area contributed by atoms with Crippen LogP contribution < -0.4 is 5.32 Å². The summed E-state index contributed by atoms with van der Waals surface area (Å²) in [6.07, 6.45) is 8.39. The van der Waals surface area contributed by atoms with Crippen molar-refractivity contribution in [2.75, 3.05) is 6.54 Å². The molecule has 3 nitrogen and oxygen atoms in total. The van der Waals surface area contributed by atoms with E-state index >= 15 is 0 Å². The molecular formula is C15H29NO2. The van der Waals surface area contributed by atoms with Crippen LogP contribution in [0.25, 0.3) is 0 Å². The molecule has 0 aliphatic carbocycles. The van der Waals surface area contributed by atoms with Crippen molar-refractivity contribution in [3.8, 4) is 0 Å². The summed E-state index contributed by atoms with van der Waals surface area (Å²) in [7, 11) is 0. The van der Waals surface area contributed by atoms with E-state index in [1.807, 2.05) is 0 Å². The van der Waals surface area contributed by atoms with Crippen molar-refractivity contribution in [3.63, 3.8) is 0 Å². The topological polar surface area (TPSA) is 46.2 Å². The SMILES string of the molecule is CC(C)(C)CCCCCNC(=O)CCCCC=O. The third kappa shape index (κ3) is 13.2. The minimum Gasteiger partial charge on any atom is -0.356 e. The van der Waals surface area contributed by atoms with Crippen molar-refractivity contribution in [2.24, 2.45) is 5.41 Å². The number of carbonyl (C=O) groups excluding carboxylic acids is 2. The van der Waals surface area contributed by atoms with Crippen LogP contribution in [0, 0.1) is 5.41 Å². The lowest BCUT2D eigenvalue weighted by atomic mass is 9.89. The van der Waals surface area contributed by atoms with E-state index < -0.39 is 0 Å². The fourth-order valence-electron chi connectivity index (χ4n) is 1.79. The van der Waals surface area contributed by atoms with Crippen molar-refractivity contribution < 1.29 is 9.59 Å². The zero-order valence-electron chi connectivity index (χ0n) is 12.3. The van der Waals surface area contributed by atoms with Gasteiger partial charge in [0, 0.05) is 19.4 Å². The number of aldehydes is 1. The molecule has 3 heteroatoms. The van der Waals surface area contributed by atoms with Crippen molar-refractivity contribution >= 4 is 12.2 Å². The molecule has 0 fully saturated rings. The third-order valence-corrected chi connectivity index (χ3v) is 2.90. The van der Waals surface area contributed by atoms with Crippen LogP contribution in [0.4, 0.5) is 0 Å². The summed E-state index contributed by atoms with van der Waals surface area (Å²) in [6, 6.07) is 0. The van der Waals surface area contributed by atoms with Gasteiger partial charge in [0.2, 0.25) is 5.91 Å². The van der Waals surface area contributed by atoms with Crippen LogP contribution in [0.15, 0.2) is 0 Å². The number of unbranched alkanes of at least 4 members (excludes halogenated alkanes) is 4. The number of carbonyl (C=O) groups is 2. The van der Waals surface area contributed by atoms with Crippen molar-refractivity contribution in [3.05, 3.63) is 0 Å². The molecular weight excluding hydrogens is 226 g/mol. The van der Waals surface area contributed by atoms with E-state index in [-0.39, 0.29) is 5.91 Å². The van der Waals surface area contributed by atoms with Crippen LogP contribution in [0.5, 0.6) is 0 Å². The average Bonchev–Trinajstić information content (AvgIpc) is 2.28. The highest BCUT2D eigenvalue weighted by atomic mass is 16.1. The van der Waals surface area contributed by atoms with Gasteiger partial charge in [-0.25, -0.2) is 0 Å². The second kappa shape index (κ2) is 10.1. The maximum Gasteiger partial charge on any atom is 0.219 e. The largest absolute Gasteiger partial charge is 0.356 e. The maximum atomic E-state index is 11.4. The first-order valence-corrected chi connectivity index (χ1v) is 7.16. The van der Waals surface area contributed by atoms with Crippen LogP contribution in [0.3, 0.4) is 0 Å². The predicted molar refractivity (Wildman–Crippen MR) is 75.5 cm³/mol. The number of amides is 1. The van der Waals surface area contributed by atoms with E-state index in [4.69, 9.17) is 0 Å². The van der Waals surface area contributed by atoms with E-state index in [9.17, 15) is 9.59 Å². The molecule has 0 saturated carbocycles. The second-order valence-electron chi connectivity index (χ2n) is 6.13. The Morgan fingerprint density at radius 1 is 1.06 bits per heavy atom. The minimum absolute atomic E-state index is 0.122. The summed E-state index contributed by atoms with van der Waals surface area (Å²) in [6.45, 7) is 7.56. The Morgan fingerprint density at radius 3 is 2.39 bits per heavy atom. The van der Waals surface area contributed by atoms with Crippen LogP contribution in [-0.2, 0) is 9.59 Å². The molecule has 1 N–H and O–H groups in total. The third-order valence-electron chi connectivity index (χ3n) is 2.90. The van der Waals surface area contributed by atoms with E-state index in [0.717, 1.165) is 32.1 Å². The van der Waals surface area contributed by atoms with E-state index in [2.05, 4.69) is 26.1 Å². The summed E-state index contributed by atoms with van der Waals surface area (Å²) in [5.41, 5.74) is 0.418. The molecule has 1 amide bonds. The quantitative estimate of drug-likeness (QED) is 0.480. The summed E-state index contributed by atoms with van der Waals surface area (Å²) >= 11 is 0. The average molecular weight is 255 g/mol. The molecule has 106 valence electrons. The zero-order valence-corrected chi connectivity index (χ0v) is 12.3.